The lowest BCUT2D eigenvalue weighted by atomic mass is 10.2. The topological polar surface area (TPSA) is 62.5 Å². The maximum Gasteiger partial charge on any atom is 0.273 e. The summed E-state index contributed by atoms with van der Waals surface area (Å²) in [6.07, 6.45) is 0. The molecule has 1 aliphatic heterocycles. The number of amides is 1. The quantitative estimate of drug-likeness (QED) is 0.879. The summed E-state index contributed by atoms with van der Waals surface area (Å²) in [6.45, 7) is 8.26. The molecule has 5 nitrogen and oxygen atoms in total. The first-order valence-electron chi connectivity index (χ1n) is 6.33. The third kappa shape index (κ3) is 2.71. The van der Waals surface area contributed by atoms with Crippen LogP contribution in [0.2, 0.25) is 0 Å². The minimum atomic E-state index is 0.0357. The molecule has 6 heteroatoms. The van der Waals surface area contributed by atoms with Crippen LogP contribution in [0.1, 0.15) is 29.3 Å². The lowest BCUT2D eigenvalue weighted by molar-refractivity contribution is 0.0523. The third-order valence-corrected chi connectivity index (χ3v) is 4.28. The lowest BCUT2D eigenvalue weighted by Gasteiger charge is -2.39. The van der Waals surface area contributed by atoms with Crippen molar-refractivity contribution in [3.8, 4) is 0 Å². The summed E-state index contributed by atoms with van der Waals surface area (Å²) in [5, 5.41) is 2.63. The van der Waals surface area contributed by atoms with Crippen LogP contribution in [0.5, 0.6) is 0 Å². The highest BCUT2D eigenvalue weighted by Crippen LogP contribution is 2.15. The number of rotatable bonds is 3. The van der Waals surface area contributed by atoms with E-state index in [2.05, 4.69) is 23.7 Å². The lowest BCUT2D eigenvalue weighted by Crippen LogP contribution is -2.53. The number of piperazine rings is 1. The highest BCUT2D eigenvalue weighted by atomic mass is 32.1. The second-order valence-electron chi connectivity index (χ2n) is 4.56. The molecule has 18 heavy (non-hydrogen) atoms. The number of nitrogens with zero attached hydrogens (tertiary/aromatic N) is 3. The van der Waals surface area contributed by atoms with E-state index in [9.17, 15) is 4.79 Å². The van der Waals surface area contributed by atoms with E-state index >= 15 is 0 Å². The van der Waals surface area contributed by atoms with Gasteiger partial charge < -0.3 is 10.6 Å². The Morgan fingerprint density at radius 3 is 2.94 bits per heavy atom. The summed E-state index contributed by atoms with van der Waals surface area (Å²) in [7, 11) is 0. The largest absolute Gasteiger partial charge is 0.334 e. The van der Waals surface area contributed by atoms with Gasteiger partial charge in [-0.2, -0.15) is 0 Å². The van der Waals surface area contributed by atoms with Crippen LogP contribution in [0.25, 0.3) is 0 Å². The smallest absolute Gasteiger partial charge is 0.273 e. The minimum absolute atomic E-state index is 0.0357. The Bertz CT molecular complexity index is 420. The van der Waals surface area contributed by atoms with Crippen LogP contribution in [-0.2, 0) is 6.54 Å². The number of hydrogen-bond acceptors (Lipinski definition) is 5. The van der Waals surface area contributed by atoms with Crippen molar-refractivity contribution in [2.24, 2.45) is 5.73 Å². The molecule has 1 unspecified atom stereocenters. The number of nitrogens with two attached hydrogens (primary N) is 1. The van der Waals surface area contributed by atoms with Crippen molar-refractivity contribution in [3.05, 3.63) is 16.1 Å². The zero-order valence-electron chi connectivity index (χ0n) is 10.9. The van der Waals surface area contributed by atoms with Gasteiger partial charge >= 0.3 is 0 Å². The van der Waals surface area contributed by atoms with Gasteiger partial charge in [0.25, 0.3) is 5.91 Å². The van der Waals surface area contributed by atoms with Crippen LogP contribution in [-0.4, -0.2) is 52.9 Å². The molecule has 0 aromatic carbocycles. The maximum absolute atomic E-state index is 12.3. The highest BCUT2D eigenvalue weighted by Gasteiger charge is 2.27. The van der Waals surface area contributed by atoms with E-state index in [1.54, 1.807) is 5.38 Å². The molecule has 0 bridgehead atoms. The summed E-state index contributed by atoms with van der Waals surface area (Å²) >= 11 is 1.45. The van der Waals surface area contributed by atoms with Crippen molar-refractivity contribution in [1.82, 2.24) is 14.8 Å². The Morgan fingerprint density at radius 2 is 2.39 bits per heavy atom. The second-order valence-corrected chi connectivity index (χ2v) is 5.50. The first-order valence-corrected chi connectivity index (χ1v) is 7.21. The fourth-order valence-corrected chi connectivity index (χ4v) is 2.96. The zero-order valence-corrected chi connectivity index (χ0v) is 11.7. The fraction of sp³-hybridized carbons (Fsp3) is 0.667. The normalized spacial score (nSPS) is 21.3. The van der Waals surface area contributed by atoms with E-state index in [1.807, 2.05) is 4.90 Å². The molecule has 1 atom stereocenters. The summed E-state index contributed by atoms with van der Waals surface area (Å²) in [5.41, 5.74) is 6.06. The van der Waals surface area contributed by atoms with Gasteiger partial charge in [0.2, 0.25) is 0 Å². The van der Waals surface area contributed by atoms with Gasteiger partial charge in [-0.15, -0.1) is 11.3 Å². The molecule has 100 valence electrons. The summed E-state index contributed by atoms with van der Waals surface area (Å²) in [5.74, 6) is 0.0357. The molecule has 1 saturated heterocycles. The van der Waals surface area contributed by atoms with E-state index in [1.165, 1.54) is 11.3 Å². The van der Waals surface area contributed by atoms with Crippen molar-refractivity contribution in [3.63, 3.8) is 0 Å². The van der Waals surface area contributed by atoms with Gasteiger partial charge in [-0.05, 0) is 13.5 Å². The average Bonchev–Trinajstić information content (AvgIpc) is 2.86. The fourth-order valence-electron chi connectivity index (χ4n) is 2.31. The van der Waals surface area contributed by atoms with Gasteiger partial charge in [0.1, 0.15) is 10.7 Å². The number of aromatic nitrogens is 1. The average molecular weight is 268 g/mol. The predicted molar refractivity (Wildman–Crippen MR) is 72.6 cm³/mol. The SMILES string of the molecule is CCN1CCN(C(=O)c2csc(CN)n2)CC1C. The van der Waals surface area contributed by atoms with Gasteiger partial charge in [0.15, 0.2) is 0 Å². The summed E-state index contributed by atoms with van der Waals surface area (Å²) in [4.78, 5) is 20.8. The van der Waals surface area contributed by atoms with Crippen molar-refractivity contribution in [1.29, 1.82) is 0 Å². The number of carbonyl (C=O) groups is 1. The molecule has 0 aliphatic carbocycles. The molecule has 0 radical (unpaired) electrons. The Morgan fingerprint density at radius 1 is 1.61 bits per heavy atom. The molecular weight excluding hydrogens is 248 g/mol. The zero-order chi connectivity index (χ0) is 13.1. The second kappa shape index (κ2) is 5.77. The Balaban J connectivity index is 2.02. The molecule has 2 heterocycles. The van der Waals surface area contributed by atoms with Crippen LogP contribution in [0, 0.1) is 0 Å². The molecule has 0 saturated carbocycles. The van der Waals surface area contributed by atoms with Crippen LogP contribution in [0.4, 0.5) is 0 Å². The van der Waals surface area contributed by atoms with Gasteiger partial charge in [-0.1, -0.05) is 6.92 Å². The van der Waals surface area contributed by atoms with E-state index in [-0.39, 0.29) is 5.91 Å². The van der Waals surface area contributed by atoms with Gasteiger partial charge in [0.05, 0.1) is 0 Å². The first-order chi connectivity index (χ1) is 8.65. The van der Waals surface area contributed by atoms with Crippen molar-refractivity contribution >= 4 is 17.2 Å². The van der Waals surface area contributed by atoms with Crippen LogP contribution in [0.15, 0.2) is 5.38 Å². The van der Waals surface area contributed by atoms with E-state index in [4.69, 9.17) is 5.73 Å². The van der Waals surface area contributed by atoms with Crippen molar-refractivity contribution in [2.45, 2.75) is 26.4 Å². The van der Waals surface area contributed by atoms with Gasteiger partial charge in [-0.25, -0.2) is 4.98 Å². The standard InChI is InChI=1S/C12H20N4OS/c1-3-15-4-5-16(7-9(15)2)12(17)10-8-18-11(6-13)14-10/h8-9H,3-7,13H2,1-2H3. The van der Waals surface area contributed by atoms with Crippen molar-refractivity contribution < 1.29 is 4.79 Å². The molecule has 1 fully saturated rings. The first kappa shape index (κ1) is 13.5. The van der Waals surface area contributed by atoms with Crippen molar-refractivity contribution in [2.75, 3.05) is 26.2 Å². The maximum atomic E-state index is 12.3. The number of likely N-dealkylation sites (N-methyl/N-ethyl adjacent to an activating group) is 1. The summed E-state index contributed by atoms with van der Waals surface area (Å²) in [6, 6.07) is 0.417. The molecule has 1 aliphatic rings. The Hall–Kier alpha value is -0.980. The molecule has 1 amide bonds. The number of thiazole rings is 1. The Kier molecular flexibility index (Phi) is 4.31. The van der Waals surface area contributed by atoms with Gasteiger partial charge in [0, 0.05) is 37.6 Å². The molecule has 2 rings (SSSR count). The monoisotopic (exact) mass is 268 g/mol. The van der Waals surface area contributed by atoms with Gasteiger partial charge in [-0.3, -0.25) is 9.69 Å². The Labute approximate surface area is 112 Å². The minimum Gasteiger partial charge on any atom is -0.334 e. The molecule has 1 aromatic rings. The molecule has 0 spiro atoms. The van der Waals surface area contributed by atoms with E-state index in [0.29, 0.717) is 18.3 Å². The molecular formula is C12H20N4OS. The number of carbonyl (C=O) groups excluding carboxylic acids is 1. The summed E-state index contributed by atoms with van der Waals surface area (Å²) < 4.78 is 0. The molecule has 1 aromatic heterocycles. The predicted octanol–water partition coefficient (Wildman–Crippen LogP) is 0.768. The van der Waals surface area contributed by atoms with Crippen LogP contribution < -0.4 is 5.73 Å². The van der Waals surface area contributed by atoms with Crippen LogP contribution in [0.3, 0.4) is 0 Å². The molecule has 2 N–H and O–H groups in total. The van der Waals surface area contributed by atoms with E-state index < -0.39 is 0 Å². The van der Waals surface area contributed by atoms with E-state index in [0.717, 1.165) is 31.2 Å². The number of hydrogen-bond donors (Lipinski definition) is 1. The van der Waals surface area contributed by atoms with Crippen LogP contribution >= 0.6 is 11.3 Å². The third-order valence-electron chi connectivity index (χ3n) is 3.40. The highest BCUT2D eigenvalue weighted by molar-refractivity contribution is 7.09.